The standard InChI is InChI=1S/C11H10FN3/c1-8-3-2-4-9(5-8)15-11-6-10(12)13-7-14-11/h2-7H,1H3,(H,13,14,15). The number of halogens is 1. The number of benzene rings is 1. The second-order valence-corrected chi connectivity index (χ2v) is 3.22. The normalized spacial score (nSPS) is 10.0. The van der Waals surface area contributed by atoms with Crippen LogP contribution in [0.2, 0.25) is 0 Å². The molecule has 1 aromatic carbocycles. The molecule has 0 radical (unpaired) electrons. The molecule has 0 saturated heterocycles. The summed E-state index contributed by atoms with van der Waals surface area (Å²) in [6.45, 7) is 1.99. The molecule has 0 bridgehead atoms. The third-order valence-electron chi connectivity index (χ3n) is 1.92. The molecule has 0 aliphatic carbocycles. The van der Waals surface area contributed by atoms with Crippen LogP contribution in [0, 0.1) is 12.9 Å². The van der Waals surface area contributed by atoms with Gasteiger partial charge in [0.2, 0.25) is 5.95 Å². The van der Waals surface area contributed by atoms with Crippen molar-refractivity contribution in [1.29, 1.82) is 0 Å². The van der Waals surface area contributed by atoms with Gasteiger partial charge in [-0.15, -0.1) is 0 Å². The van der Waals surface area contributed by atoms with Crippen LogP contribution in [0.15, 0.2) is 36.7 Å². The summed E-state index contributed by atoms with van der Waals surface area (Å²) in [5, 5.41) is 2.99. The molecule has 1 N–H and O–H groups in total. The summed E-state index contributed by atoms with van der Waals surface area (Å²) in [6, 6.07) is 9.02. The molecule has 0 aliphatic rings. The highest BCUT2D eigenvalue weighted by molar-refractivity contribution is 5.56. The van der Waals surface area contributed by atoms with E-state index in [9.17, 15) is 4.39 Å². The molecule has 0 atom stereocenters. The second kappa shape index (κ2) is 4.04. The Bertz CT molecular complexity index is 427. The minimum atomic E-state index is -0.542. The van der Waals surface area contributed by atoms with Crippen molar-refractivity contribution in [3.63, 3.8) is 0 Å². The molecule has 0 aliphatic heterocycles. The van der Waals surface area contributed by atoms with Gasteiger partial charge in [0.15, 0.2) is 0 Å². The van der Waals surface area contributed by atoms with Crippen molar-refractivity contribution in [3.8, 4) is 0 Å². The predicted molar refractivity (Wildman–Crippen MR) is 56.5 cm³/mol. The lowest BCUT2D eigenvalue weighted by atomic mass is 10.2. The zero-order valence-electron chi connectivity index (χ0n) is 8.24. The molecule has 2 aromatic rings. The third-order valence-corrected chi connectivity index (χ3v) is 1.92. The number of aromatic nitrogens is 2. The number of nitrogens with zero attached hydrogens (tertiary/aromatic N) is 2. The van der Waals surface area contributed by atoms with Crippen LogP contribution in [-0.4, -0.2) is 9.97 Å². The summed E-state index contributed by atoms with van der Waals surface area (Å²) in [6.07, 6.45) is 1.19. The molecule has 0 amide bonds. The van der Waals surface area contributed by atoms with Crippen molar-refractivity contribution in [3.05, 3.63) is 48.2 Å². The van der Waals surface area contributed by atoms with Gasteiger partial charge in [0.05, 0.1) is 0 Å². The van der Waals surface area contributed by atoms with Crippen molar-refractivity contribution < 1.29 is 4.39 Å². The average molecular weight is 203 g/mol. The Morgan fingerprint density at radius 1 is 1.20 bits per heavy atom. The zero-order chi connectivity index (χ0) is 10.7. The van der Waals surface area contributed by atoms with Crippen LogP contribution in [0.3, 0.4) is 0 Å². The first-order valence-corrected chi connectivity index (χ1v) is 4.55. The molecular weight excluding hydrogens is 193 g/mol. The molecule has 0 spiro atoms. The Hall–Kier alpha value is -1.97. The topological polar surface area (TPSA) is 37.8 Å². The average Bonchev–Trinajstić information content (AvgIpc) is 2.17. The van der Waals surface area contributed by atoms with Gasteiger partial charge in [-0.05, 0) is 24.6 Å². The van der Waals surface area contributed by atoms with Gasteiger partial charge >= 0.3 is 0 Å². The molecule has 1 aromatic heterocycles. The van der Waals surface area contributed by atoms with Crippen molar-refractivity contribution >= 4 is 11.5 Å². The predicted octanol–water partition coefficient (Wildman–Crippen LogP) is 2.67. The highest BCUT2D eigenvalue weighted by Gasteiger charge is 1.98. The van der Waals surface area contributed by atoms with Gasteiger partial charge in [-0.2, -0.15) is 4.39 Å². The fourth-order valence-corrected chi connectivity index (χ4v) is 1.27. The van der Waals surface area contributed by atoms with Gasteiger partial charge < -0.3 is 5.32 Å². The fraction of sp³-hybridized carbons (Fsp3) is 0.0909. The van der Waals surface area contributed by atoms with Crippen LogP contribution in [-0.2, 0) is 0 Å². The summed E-state index contributed by atoms with van der Waals surface area (Å²) < 4.78 is 12.8. The zero-order valence-corrected chi connectivity index (χ0v) is 8.24. The maximum atomic E-state index is 12.8. The number of anilines is 2. The molecule has 3 nitrogen and oxygen atoms in total. The SMILES string of the molecule is Cc1cccc(Nc2cc(F)ncn2)c1. The Balaban J connectivity index is 2.22. The Morgan fingerprint density at radius 2 is 2.07 bits per heavy atom. The molecule has 0 saturated carbocycles. The van der Waals surface area contributed by atoms with Gasteiger partial charge in [-0.3, -0.25) is 0 Å². The van der Waals surface area contributed by atoms with E-state index in [1.807, 2.05) is 31.2 Å². The van der Waals surface area contributed by atoms with E-state index in [0.29, 0.717) is 5.82 Å². The third kappa shape index (κ3) is 2.49. The second-order valence-electron chi connectivity index (χ2n) is 3.22. The summed E-state index contributed by atoms with van der Waals surface area (Å²) in [5.74, 6) is -0.0896. The quantitative estimate of drug-likeness (QED) is 0.762. The van der Waals surface area contributed by atoms with E-state index in [4.69, 9.17) is 0 Å². The number of hydrogen-bond donors (Lipinski definition) is 1. The lowest BCUT2D eigenvalue weighted by molar-refractivity contribution is 0.580. The number of aryl methyl sites for hydroxylation is 1. The molecule has 0 unspecified atom stereocenters. The number of rotatable bonds is 2. The highest BCUT2D eigenvalue weighted by atomic mass is 19.1. The number of nitrogens with one attached hydrogen (secondary N) is 1. The molecule has 15 heavy (non-hydrogen) atoms. The van der Waals surface area contributed by atoms with Crippen LogP contribution in [0.4, 0.5) is 15.9 Å². The van der Waals surface area contributed by atoms with Crippen LogP contribution in [0.1, 0.15) is 5.56 Å². The van der Waals surface area contributed by atoms with E-state index in [1.54, 1.807) is 0 Å². The lowest BCUT2D eigenvalue weighted by Gasteiger charge is -2.05. The van der Waals surface area contributed by atoms with Crippen LogP contribution in [0.5, 0.6) is 0 Å². The summed E-state index contributed by atoms with van der Waals surface area (Å²) in [7, 11) is 0. The minimum Gasteiger partial charge on any atom is -0.340 e. The minimum absolute atomic E-state index is 0.452. The van der Waals surface area contributed by atoms with Crippen molar-refractivity contribution in [1.82, 2.24) is 9.97 Å². The summed E-state index contributed by atoms with van der Waals surface area (Å²) in [4.78, 5) is 7.28. The first kappa shape index (κ1) is 9.58. The van der Waals surface area contributed by atoms with E-state index in [1.165, 1.54) is 12.4 Å². The maximum Gasteiger partial charge on any atom is 0.218 e. The summed E-state index contributed by atoms with van der Waals surface area (Å²) in [5.41, 5.74) is 2.02. The van der Waals surface area contributed by atoms with Crippen molar-refractivity contribution in [2.24, 2.45) is 0 Å². The van der Waals surface area contributed by atoms with Crippen LogP contribution < -0.4 is 5.32 Å². The Morgan fingerprint density at radius 3 is 2.80 bits per heavy atom. The Labute approximate surface area is 87.0 Å². The van der Waals surface area contributed by atoms with E-state index in [-0.39, 0.29) is 0 Å². The van der Waals surface area contributed by atoms with Gasteiger partial charge in [-0.1, -0.05) is 12.1 Å². The van der Waals surface area contributed by atoms with Gasteiger partial charge in [0.1, 0.15) is 12.1 Å². The van der Waals surface area contributed by atoms with E-state index >= 15 is 0 Å². The number of hydrogen-bond acceptors (Lipinski definition) is 3. The Kier molecular flexibility index (Phi) is 2.58. The fourth-order valence-electron chi connectivity index (χ4n) is 1.27. The van der Waals surface area contributed by atoms with E-state index in [2.05, 4.69) is 15.3 Å². The van der Waals surface area contributed by atoms with Crippen molar-refractivity contribution in [2.75, 3.05) is 5.32 Å². The van der Waals surface area contributed by atoms with Gasteiger partial charge in [0, 0.05) is 11.8 Å². The largest absolute Gasteiger partial charge is 0.340 e. The summed E-state index contributed by atoms with van der Waals surface area (Å²) >= 11 is 0. The van der Waals surface area contributed by atoms with E-state index < -0.39 is 5.95 Å². The molecular formula is C11H10FN3. The smallest absolute Gasteiger partial charge is 0.218 e. The molecule has 4 heteroatoms. The van der Waals surface area contributed by atoms with Gasteiger partial charge in [0.25, 0.3) is 0 Å². The molecule has 2 rings (SSSR count). The maximum absolute atomic E-state index is 12.8. The monoisotopic (exact) mass is 203 g/mol. The highest BCUT2D eigenvalue weighted by Crippen LogP contribution is 2.15. The first-order chi connectivity index (χ1) is 7.24. The lowest BCUT2D eigenvalue weighted by Crippen LogP contribution is -1.95. The van der Waals surface area contributed by atoms with Gasteiger partial charge in [-0.25, -0.2) is 9.97 Å². The van der Waals surface area contributed by atoms with Crippen LogP contribution >= 0.6 is 0 Å². The van der Waals surface area contributed by atoms with Crippen LogP contribution in [0.25, 0.3) is 0 Å². The van der Waals surface area contributed by atoms with E-state index in [0.717, 1.165) is 11.3 Å². The molecule has 0 fully saturated rings. The van der Waals surface area contributed by atoms with Crippen molar-refractivity contribution in [2.45, 2.75) is 6.92 Å². The molecule has 1 heterocycles. The first-order valence-electron chi connectivity index (χ1n) is 4.55. The molecule has 76 valence electrons.